The van der Waals surface area contributed by atoms with Crippen molar-refractivity contribution in [3.8, 4) is 0 Å². The maximum absolute atomic E-state index is 13.3. The zero-order valence-electron chi connectivity index (χ0n) is 18.3. The van der Waals surface area contributed by atoms with Gasteiger partial charge in [0.25, 0.3) is 5.91 Å². The number of carbonyl (C=O) groups excluding carboxylic acids is 1. The molecular formula is C24H39N3O2. The van der Waals surface area contributed by atoms with Gasteiger partial charge in [-0.2, -0.15) is 0 Å². The van der Waals surface area contributed by atoms with Crippen molar-refractivity contribution in [1.29, 1.82) is 0 Å². The predicted octanol–water partition coefficient (Wildman–Crippen LogP) is 4.17. The Morgan fingerprint density at radius 2 is 1.86 bits per heavy atom. The van der Waals surface area contributed by atoms with E-state index in [0.29, 0.717) is 5.92 Å². The molecule has 1 saturated carbocycles. The highest BCUT2D eigenvalue weighted by molar-refractivity contribution is 5.95. The fourth-order valence-corrected chi connectivity index (χ4v) is 5.66. The number of piperidine rings is 2. The molecule has 3 fully saturated rings. The van der Waals surface area contributed by atoms with Gasteiger partial charge < -0.3 is 19.1 Å². The smallest absolute Gasteiger partial charge is 0.257 e. The van der Waals surface area contributed by atoms with E-state index >= 15 is 0 Å². The molecule has 1 aromatic heterocycles. The van der Waals surface area contributed by atoms with Gasteiger partial charge in [0.05, 0.1) is 11.8 Å². The summed E-state index contributed by atoms with van der Waals surface area (Å²) in [5.74, 6) is 1.50. The maximum atomic E-state index is 13.3. The minimum absolute atomic E-state index is 0.159. The second-order valence-corrected chi connectivity index (χ2v) is 9.49. The van der Waals surface area contributed by atoms with E-state index < -0.39 is 0 Å². The summed E-state index contributed by atoms with van der Waals surface area (Å²) >= 11 is 0. The van der Waals surface area contributed by atoms with Crippen molar-refractivity contribution in [2.75, 3.05) is 45.8 Å². The molecule has 1 atom stereocenters. The third-order valence-corrected chi connectivity index (χ3v) is 7.38. The molecule has 0 unspecified atom stereocenters. The second kappa shape index (κ2) is 10.1. The number of hydrogen-bond acceptors (Lipinski definition) is 4. The number of nitrogens with zero attached hydrogens (tertiary/aromatic N) is 3. The van der Waals surface area contributed by atoms with Crippen molar-refractivity contribution in [2.24, 2.45) is 5.92 Å². The maximum Gasteiger partial charge on any atom is 0.257 e. The minimum atomic E-state index is 0.159. The Bertz CT molecular complexity index is 646. The lowest BCUT2D eigenvalue weighted by atomic mass is 9.95. The molecule has 2 saturated heterocycles. The van der Waals surface area contributed by atoms with Gasteiger partial charge in [-0.15, -0.1) is 0 Å². The fourth-order valence-electron chi connectivity index (χ4n) is 5.66. The van der Waals surface area contributed by atoms with E-state index in [-0.39, 0.29) is 5.91 Å². The van der Waals surface area contributed by atoms with Crippen LogP contribution in [-0.2, 0) is 0 Å². The Morgan fingerprint density at radius 3 is 2.59 bits per heavy atom. The van der Waals surface area contributed by atoms with Crippen LogP contribution in [0.1, 0.15) is 73.9 Å². The van der Waals surface area contributed by atoms with Crippen LogP contribution >= 0.6 is 0 Å². The zero-order chi connectivity index (χ0) is 20.1. The molecule has 0 spiro atoms. The van der Waals surface area contributed by atoms with Crippen molar-refractivity contribution in [3.63, 3.8) is 0 Å². The van der Waals surface area contributed by atoms with Crippen LogP contribution in [-0.4, -0.2) is 72.5 Å². The Labute approximate surface area is 176 Å². The molecule has 1 aliphatic carbocycles. The SMILES string of the molecule is Cc1occc1C(=O)N(CCN1CCCCC1)C[C@H]1CCCN(C2CCCC2)C1. The molecular weight excluding hydrogens is 362 g/mol. The molecule has 2 aliphatic heterocycles. The van der Waals surface area contributed by atoms with E-state index in [1.54, 1.807) is 6.26 Å². The number of furan rings is 1. The van der Waals surface area contributed by atoms with Gasteiger partial charge in [0, 0.05) is 32.2 Å². The standard InChI is InChI=1S/C24H39N3O2/c1-20-23(11-17-29-20)24(28)27(16-15-25-12-5-2-6-13-25)19-21-8-7-14-26(18-21)22-9-3-4-10-22/h11,17,21-22H,2-10,12-16,18-19H2,1H3/t21-/m0/s1. The lowest BCUT2D eigenvalue weighted by Crippen LogP contribution is -2.47. The monoisotopic (exact) mass is 401 g/mol. The van der Waals surface area contributed by atoms with Crippen molar-refractivity contribution in [3.05, 3.63) is 23.7 Å². The summed E-state index contributed by atoms with van der Waals surface area (Å²) in [5, 5.41) is 0. The second-order valence-electron chi connectivity index (χ2n) is 9.49. The predicted molar refractivity (Wildman–Crippen MR) is 116 cm³/mol. The molecule has 5 nitrogen and oxygen atoms in total. The number of hydrogen-bond donors (Lipinski definition) is 0. The Balaban J connectivity index is 1.39. The Morgan fingerprint density at radius 1 is 1.07 bits per heavy atom. The quantitative estimate of drug-likeness (QED) is 0.687. The van der Waals surface area contributed by atoms with Gasteiger partial charge in [-0.25, -0.2) is 0 Å². The first-order chi connectivity index (χ1) is 14.2. The fraction of sp³-hybridized carbons (Fsp3) is 0.792. The summed E-state index contributed by atoms with van der Waals surface area (Å²) < 4.78 is 5.44. The van der Waals surface area contributed by atoms with Crippen molar-refractivity contribution in [2.45, 2.75) is 70.8 Å². The van der Waals surface area contributed by atoms with Crippen LogP contribution < -0.4 is 0 Å². The molecule has 3 aliphatic rings. The van der Waals surface area contributed by atoms with E-state index in [2.05, 4.69) is 14.7 Å². The summed E-state index contributed by atoms with van der Waals surface area (Å²) in [4.78, 5) is 20.8. The minimum Gasteiger partial charge on any atom is -0.469 e. The number of rotatable bonds is 7. The molecule has 3 heterocycles. The largest absolute Gasteiger partial charge is 0.469 e. The molecule has 1 aromatic rings. The van der Waals surface area contributed by atoms with Crippen LogP contribution in [0.25, 0.3) is 0 Å². The molecule has 5 heteroatoms. The van der Waals surface area contributed by atoms with Gasteiger partial charge in [-0.1, -0.05) is 19.3 Å². The normalized spacial score (nSPS) is 24.8. The highest BCUT2D eigenvalue weighted by Crippen LogP contribution is 2.28. The third-order valence-electron chi connectivity index (χ3n) is 7.38. The van der Waals surface area contributed by atoms with Crippen molar-refractivity contribution < 1.29 is 9.21 Å². The van der Waals surface area contributed by atoms with Crippen LogP contribution in [0.3, 0.4) is 0 Å². The van der Waals surface area contributed by atoms with Crippen LogP contribution in [0, 0.1) is 12.8 Å². The number of likely N-dealkylation sites (tertiary alicyclic amines) is 2. The van der Waals surface area contributed by atoms with Gasteiger partial charge in [0.2, 0.25) is 0 Å². The number of amides is 1. The molecule has 4 rings (SSSR count). The van der Waals surface area contributed by atoms with Gasteiger partial charge >= 0.3 is 0 Å². The topological polar surface area (TPSA) is 39.9 Å². The Hall–Kier alpha value is -1.33. The van der Waals surface area contributed by atoms with Crippen LogP contribution in [0.4, 0.5) is 0 Å². The summed E-state index contributed by atoms with van der Waals surface area (Å²) in [7, 11) is 0. The molecule has 0 radical (unpaired) electrons. The van der Waals surface area contributed by atoms with Crippen LogP contribution in [0.5, 0.6) is 0 Å². The van der Waals surface area contributed by atoms with Crippen LogP contribution in [0.2, 0.25) is 0 Å². The van der Waals surface area contributed by atoms with E-state index in [1.807, 2.05) is 13.0 Å². The summed E-state index contributed by atoms with van der Waals surface area (Å²) in [6.07, 6.45) is 13.7. The average Bonchev–Trinajstić information content (AvgIpc) is 3.43. The average molecular weight is 402 g/mol. The first-order valence-electron chi connectivity index (χ1n) is 12.0. The van der Waals surface area contributed by atoms with Gasteiger partial charge in [-0.3, -0.25) is 4.79 Å². The Kier molecular flexibility index (Phi) is 7.30. The zero-order valence-corrected chi connectivity index (χ0v) is 18.3. The van der Waals surface area contributed by atoms with Gasteiger partial charge in [0.1, 0.15) is 5.76 Å². The summed E-state index contributed by atoms with van der Waals surface area (Å²) in [6, 6.07) is 2.64. The lowest BCUT2D eigenvalue weighted by Gasteiger charge is -2.39. The van der Waals surface area contributed by atoms with Crippen LogP contribution in [0.15, 0.2) is 16.7 Å². The first kappa shape index (κ1) is 20.9. The van der Waals surface area contributed by atoms with E-state index in [1.165, 1.54) is 84.0 Å². The molecule has 0 aromatic carbocycles. The number of carbonyl (C=O) groups is 1. The van der Waals surface area contributed by atoms with E-state index in [4.69, 9.17) is 4.42 Å². The number of aryl methyl sites for hydroxylation is 1. The highest BCUT2D eigenvalue weighted by Gasteiger charge is 2.30. The molecule has 0 bridgehead atoms. The first-order valence-corrected chi connectivity index (χ1v) is 12.0. The summed E-state index contributed by atoms with van der Waals surface area (Å²) in [5.41, 5.74) is 0.743. The van der Waals surface area contributed by atoms with Crippen molar-refractivity contribution in [1.82, 2.24) is 14.7 Å². The molecule has 1 amide bonds. The third kappa shape index (κ3) is 5.43. The molecule has 162 valence electrons. The lowest BCUT2D eigenvalue weighted by molar-refractivity contribution is 0.0608. The highest BCUT2D eigenvalue weighted by atomic mass is 16.3. The molecule has 29 heavy (non-hydrogen) atoms. The van der Waals surface area contributed by atoms with E-state index in [9.17, 15) is 4.79 Å². The molecule has 0 N–H and O–H groups in total. The van der Waals surface area contributed by atoms with Gasteiger partial charge in [0.15, 0.2) is 0 Å². The summed E-state index contributed by atoms with van der Waals surface area (Å²) in [6.45, 7) is 9.42. The van der Waals surface area contributed by atoms with E-state index in [0.717, 1.165) is 37.0 Å². The van der Waals surface area contributed by atoms with Gasteiger partial charge in [-0.05, 0) is 77.1 Å². The van der Waals surface area contributed by atoms with Crippen molar-refractivity contribution >= 4 is 5.91 Å².